The molecule has 0 aliphatic carbocycles. The SMILES string of the molecule is CCN(C)C(=O)N(C)c1nsc2cccc(Cl)c12. The molecular formula is C12H14ClN3OS. The van der Waals surface area contributed by atoms with Gasteiger partial charge in [0, 0.05) is 20.6 Å². The number of carbonyl (C=O) groups is 1. The van der Waals surface area contributed by atoms with Gasteiger partial charge in [0.1, 0.15) is 0 Å². The molecular weight excluding hydrogens is 270 g/mol. The minimum absolute atomic E-state index is 0.0929. The Morgan fingerprint density at radius 2 is 2.17 bits per heavy atom. The van der Waals surface area contributed by atoms with Crippen LogP contribution in [-0.2, 0) is 0 Å². The van der Waals surface area contributed by atoms with Gasteiger partial charge >= 0.3 is 6.03 Å². The molecule has 96 valence electrons. The summed E-state index contributed by atoms with van der Waals surface area (Å²) in [6.45, 7) is 2.58. The Hall–Kier alpha value is -1.33. The Kier molecular flexibility index (Phi) is 3.73. The zero-order valence-electron chi connectivity index (χ0n) is 10.5. The van der Waals surface area contributed by atoms with E-state index in [4.69, 9.17) is 11.6 Å². The molecule has 0 atom stereocenters. The summed E-state index contributed by atoms with van der Waals surface area (Å²) in [6, 6.07) is 5.55. The van der Waals surface area contributed by atoms with Crippen LogP contribution in [0.1, 0.15) is 6.92 Å². The van der Waals surface area contributed by atoms with Crippen LogP contribution in [0.5, 0.6) is 0 Å². The molecule has 2 amide bonds. The number of rotatable bonds is 2. The number of benzene rings is 1. The molecule has 2 aromatic rings. The molecule has 0 saturated carbocycles. The van der Waals surface area contributed by atoms with Crippen LogP contribution in [0.3, 0.4) is 0 Å². The third-order valence-corrected chi connectivity index (χ3v) is 3.95. The van der Waals surface area contributed by atoms with Gasteiger partial charge in [0.05, 0.1) is 15.1 Å². The molecule has 0 spiro atoms. The Balaban J connectivity index is 2.45. The van der Waals surface area contributed by atoms with E-state index in [1.807, 2.05) is 25.1 Å². The van der Waals surface area contributed by atoms with Crippen molar-refractivity contribution < 1.29 is 4.79 Å². The summed E-state index contributed by atoms with van der Waals surface area (Å²) in [5.41, 5.74) is 0. The average molecular weight is 284 g/mol. The number of urea groups is 1. The molecule has 1 heterocycles. The molecule has 0 aliphatic heterocycles. The number of aromatic nitrogens is 1. The molecule has 0 saturated heterocycles. The number of anilines is 1. The normalized spacial score (nSPS) is 10.7. The standard InChI is InChI=1S/C12H14ClN3OS/c1-4-15(2)12(17)16(3)11-10-8(13)6-5-7-9(10)18-14-11/h5-7H,4H2,1-3H3. The molecule has 0 radical (unpaired) electrons. The summed E-state index contributed by atoms with van der Waals surface area (Å²) < 4.78 is 5.31. The summed E-state index contributed by atoms with van der Waals surface area (Å²) in [4.78, 5) is 15.3. The highest BCUT2D eigenvalue weighted by molar-refractivity contribution is 7.13. The van der Waals surface area contributed by atoms with Crippen molar-refractivity contribution in [3.8, 4) is 0 Å². The van der Waals surface area contributed by atoms with Crippen LogP contribution in [0, 0.1) is 0 Å². The first-order chi connectivity index (χ1) is 8.56. The van der Waals surface area contributed by atoms with Gasteiger partial charge in [-0.1, -0.05) is 17.7 Å². The molecule has 6 heteroatoms. The van der Waals surface area contributed by atoms with E-state index in [0.717, 1.165) is 10.1 Å². The van der Waals surface area contributed by atoms with Crippen molar-refractivity contribution in [1.82, 2.24) is 9.27 Å². The van der Waals surface area contributed by atoms with Crippen LogP contribution in [-0.4, -0.2) is 35.9 Å². The van der Waals surface area contributed by atoms with E-state index in [2.05, 4.69) is 4.37 Å². The van der Waals surface area contributed by atoms with Crippen molar-refractivity contribution in [3.05, 3.63) is 23.2 Å². The maximum Gasteiger partial charge on any atom is 0.325 e. The van der Waals surface area contributed by atoms with Gasteiger partial charge in [-0.2, -0.15) is 4.37 Å². The van der Waals surface area contributed by atoms with Crippen molar-refractivity contribution >= 4 is 45.1 Å². The highest BCUT2D eigenvalue weighted by Crippen LogP contribution is 2.34. The molecule has 1 aromatic carbocycles. The number of nitrogens with zero attached hydrogens (tertiary/aromatic N) is 3. The van der Waals surface area contributed by atoms with E-state index in [-0.39, 0.29) is 6.03 Å². The second kappa shape index (κ2) is 5.12. The van der Waals surface area contributed by atoms with Crippen LogP contribution < -0.4 is 4.90 Å². The minimum atomic E-state index is -0.0929. The summed E-state index contributed by atoms with van der Waals surface area (Å²) in [6.07, 6.45) is 0. The van der Waals surface area contributed by atoms with E-state index in [9.17, 15) is 4.79 Å². The van der Waals surface area contributed by atoms with Crippen LogP contribution in [0.4, 0.5) is 10.6 Å². The maximum atomic E-state index is 12.1. The van der Waals surface area contributed by atoms with Crippen LogP contribution in [0.2, 0.25) is 5.02 Å². The first kappa shape index (κ1) is 13.1. The fraction of sp³-hybridized carbons (Fsp3) is 0.333. The number of halogens is 1. The third kappa shape index (κ3) is 2.15. The van der Waals surface area contributed by atoms with Gasteiger partial charge in [0.15, 0.2) is 5.82 Å². The largest absolute Gasteiger partial charge is 0.328 e. The van der Waals surface area contributed by atoms with Crippen molar-refractivity contribution in [3.63, 3.8) is 0 Å². The van der Waals surface area contributed by atoms with Gasteiger partial charge in [0.2, 0.25) is 0 Å². The number of hydrogen-bond acceptors (Lipinski definition) is 3. The highest BCUT2D eigenvalue weighted by atomic mass is 35.5. The fourth-order valence-electron chi connectivity index (χ4n) is 1.65. The quantitative estimate of drug-likeness (QED) is 0.846. The first-order valence-corrected chi connectivity index (χ1v) is 6.74. The predicted molar refractivity (Wildman–Crippen MR) is 76.7 cm³/mol. The zero-order valence-corrected chi connectivity index (χ0v) is 12.0. The lowest BCUT2D eigenvalue weighted by Gasteiger charge is -2.22. The minimum Gasteiger partial charge on any atom is -0.328 e. The van der Waals surface area contributed by atoms with Gasteiger partial charge in [0.25, 0.3) is 0 Å². The predicted octanol–water partition coefficient (Wildman–Crippen LogP) is 3.46. The van der Waals surface area contributed by atoms with Crippen molar-refractivity contribution in [2.24, 2.45) is 0 Å². The fourth-order valence-corrected chi connectivity index (χ4v) is 2.79. The molecule has 0 unspecified atom stereocenters. The summed E-state index contributed by atoms with van der Waals surface area (Å²) in [5.74, 6) is 0.617. The molecule has 18 heavy (non-hydrogen) atoms. The van der Waals surface area contributed by atoms with Crippen molar-refractivity contribution in [2.45, 2.75) is 6.92 Å². The van der Waals surface area contributed by atoms with Crippen molar-refractivity contribution in [1.29, 1.82) is 0 Å². The van der Waals surface area contributed by atoms with Gasteiger partial charge in [-0.15, -0.1) is 0 Å². The van der Waals surface area contributed by atoms with Crippen LogP contribution in [0.25, 0.3) is 10.1 Å². The van der Waals surface area contributed by atoms with Crippen molar-refractivity contribution in [2.75, 3.05) is 25.5 Å². The molecule has 0 N–H and O–H groups in total. The van der Waals surface area contributed by atoms with Gasteiger partial charge in [-0.3, -0.25) is 4.90 Å². The monoisotopic (exact) mass is 283 g/mol. The Bertz CT molecular complexity index is 584. The van der Waals surface area contributed by atoms with E-state index in [1.165, 1.54) is 16.4 Å². The molecule has 0 bridgehead atoms. The molecule has 4 nitrogen and oxygen atoms in total. The summed E-state index contributed by atoms with van der Waals surface area (Å²) in [7, 11) is 3.47. The van der Waals surface area contributed by atoms with E-state index in [1.54, 1.807) is 19.0 Å². The number of carbonyl (C=O) groups excluding carboxylic acids is 1. The lowest BCUT2D eigenvalue weighted by Crippen LogP contribution is -2.38. The topological polar surface area (TPSA) is 36.4 Å². The van der Waals surface area contributed by atoms with Crippen LogP contribution >= 0.6 is 23.1 Å². The van der Waals surface area contributed by atoms with Gasteiger partial charge < -0.3 is 4.90 Å². The molecule has 0 fully saturated rings. The third-order valence-electron chi connectivity index (χ3n) is 2.83. The maximum absolute atomic E-state index is 12.1. The summed E-state index contributed by atoms with van der Waals surface area (Å²) >= 11 is 7.53. The smallest absolute Gasteiger partial charge is 0.325 e. The number of hydrogen-bond donors (Lipinski definition) is 0. The molecule has 1 aromatic heterocycles. The number of fused-ring (bicyclic) bond motifs is 1. The zero-order chi connectivity index (χ0) is 13.3. The van der Waals surface area contributed by atoms with E-state index >= 15 is 0 Å². The van der Waals surface area contributed by atoms with E-state index in [0.29, 0.717) is 17.4 Å². The highest BCUT2D eigenvalue weighted by Gasteiger charge is 2.20. The lowest BCUT2D eigenvalue weighted by molar-refractivity contribution is 0.219. The lowest BCUT2D eigenvalue weighted by atomic mass is 10.2. The molecule has 2 rings (SSSR count). The second-order valence-electron chi connectivity index (χ2n) is 3.97. The van der Waals surface area contributed by atoms with E-state index < -0.39 is 0 Å². The Labute approximate surface area is 115 Å². The number of amides is 2. The Morgan fingerprint density at radius 1 is 1.44 bits per heavy atom. The average Bonchev–Trinajstić information content (AvgIpc) is 2.81. The Morgan fingerprint density at radius 3 is 2.83 bits per heavy atom. The van der Waals surface area contributed by atoms with Gasteiger partial charge in [-0.05, 0) is 30.6 Å². The first-order valence-electron chi connectivity index (χ1n) is 5.59. The second-order valence-corrected chi connectivity index (χ2v) is 5.19. The molecule has 0 aliphatic rings. The summed E-state index contributed by atoms with van der Waals surface area (Å²) in [5, 5.41) is 1.46. The van der Waals surface area contributed by atoms with Gasteiger partial charge in [-0.25, -0.2) is 4.79 Å². The van der Waals surface area contributed by atoms with Crippen LogP contribution in [0.15, 0.2) is 18.2 Å².